The third kappa shape index (κ3) is 3.77. The van der Waals surface area contributed by atoms with Crippen molar-refractivity contribution in [2.45, 2.75) is 25.8 Å². The number of carbonyl (C=O) groups is 3. The molecule has 3 aromatic rings. The van der Waals surface area contributed by atoms with Crippen molar-refractivity contribution in [3.8, 4) is 11.4 Å². The first-order valence-electron chi connectivity index (χ1n) is 9.90. The fourth-order valence-corrected chi connectivity index (χ4v) is 4.00. The van der Waals surface area contributed by atoms with Crippen molar-refractivity contribution in [1.29, 1.82) is 0 Å². The van der Waals surface area contributed by atoms with Crippen LogP contribution in [0.2, 0.25) is 0 Å². The van der Waals surface area contributed by atoms with Gasteiger partial charge in [0.1, 0.15) is 11.6 Å². The minimum absolute atomic E-state index is 0.0323. The number of carbonyl (C=O) groups excluding carboxylic acids is 2. The van der Waals surface area contributed by atoms with Gasteiger partial charge in [-0.05, 0) is 52.0 Å². The minimum Gasteiger partial charge on any atom is -0.483 e. The molecule has 2 aromatic heterocycles. The molecule has 2 aliphatic heterocycles. The highest BCUT2D eigenvalue weighted by Gasteiger charge is 2.41. The number of aryl methyl sites for hydroxylation is 1. The number of nitrogens with zero attached hydrogens (tertiary/aromatic N) is 5. The van der Waals surface area contributed by atoms with Gasteiger partial charge in [-0.1, -0.05) is 0 Å². The van der Waals surface area contributed by atoms with E-state index in [2.05, 4.69) is 31.9 Å². The van der Waals surface area contributed by atoms with Gasteiger partial charge < -0.3 is 15.0 Å². The summed E-state index contributed by atoms with van der Waals surface area (Å²) in [5, 5.41) is 6.89. The number of nitrogens with one attached hydrogen (secondary N) is 1. The largest absolute Gasteiger partial charge is 0.483 e. The number of carboxylic acid groups (broad SMARTS) is 1. The van der Waals surface area contributed by atoms with Crippen molar-refractivity contribution in [1.82, 2.24) is 29.7 Å². The predicted octanol–water partition coefficient (Wildman–Crippen LogP) is 1.72. The Morgan fingerprint density at radius 1 is 1.10 bits per heavy atom. The zero-order chi connectivity index (χ0) is 22.1. The number of hydrogen-bond acceptors (Lipinski definition) is 7. The molecule has 0 saturated carbocycles. The van der Waals surface area contributed by atoms with Crippen molar-refractivity contribution in [3.63, 3.8) is 0 Å². The Balaban J connectivity index is 0.000000730. The van der Waals surface area contributed by atoms with Crippen molar-refractivity contribution in [2.24, 2.45) is 0 Å². The predicted molar refractivity (Wildman–Crippen MR) is 112 cm³/mol. The minimum atomic E-state index is -0.250. The second-order valence-electron chi connectivity index (χ2n) is 7.64. The van der Waals surface area contributed by atoms with Crippen molar-refractivity contribution >= 4 is 29.3 Å². The lowest BCUT2D eigenvalue weighted by molar-refractivity contribution is -0.122. The van der Waals surface area contributed by atoms with Crippen LogP contribution in [-0.4, -0.2) is 79.3 Å². The molecule has 2 aliphatic rings. The molecule has 1 fully saturated rings. The lowest BCUT2D eigenvalue weighted by atomic mass is 10.0. The maximum absolute atomic E-state index is 13.0. The van der Waals surface area contributed by atoms with Gasteiger partial charge in [0, 0.05) is 18.4 Å². The summed E-state index contributed by atoms with van der Waals surface area (Å²) < 4.78 is 0. The molecule has 10 heteroatoms. The molecule has 4 heterocycles. The van der Waals surface area contributed by atoms with Crippen LogP contribution in [0.5, 0.6) is 0 Å². The molecule has 2 N–H and O–H groups in total. The Hall–Kier alpha value is -3.66. The highest BCUT2D eigenvalue weighted by molar-refractivity contribution is 6.23. The number of piperidine rings is 1. The van der Waals surface area contributed by atoms with Crippen molar-refractivity contribution < 1.29 is 19.5 Å². The van der Waals surface area contributed by atoms with Crippen LogP contribution in [0.3, 0.4) is 0 Å². The average Bonchev–Trinajstić information content (AvgIpc) is 3.27. The Kier molecular flexibility index (Phi) is 5.47. The maximum Gasteiger partial charge on any atom is 0.290 e. The molecular formula is C21H22N6O4. The van der Waals surface area contributed by atoms with Gasteiger partial charge in [-0.15, -0.1) is 0 Å². The van der Waals surface area contributed by atoms with Gasteiger partial charge in [0.15, 0.2) is 0 Å². The van der Waals surface area contributed by atoms with Crippen LogP contribution in [0.1, 0.15) is 39.4 Å². The van der Waals surface area contributed by atoms with E-state index in [1.54, 1.807) is 24.5 Å². The molecular weight excluding hydrogens is 400 g/mol. The highest BCUT2D eigenvalue weighted by Crippen LogP contribution is 2.32. The second-order valence-corrected chi connectivity index (χ2v) is 7.64. The van der Waals surface area contributed by atoms with E-state index in [-0.39, 0.29) is 24.3 Å². The highest BCUT2D eigenvalue weighted by atomic mass is 16.3. The van der Waals surface area contributed by atoms with Gasteiger partial charge >= 0.3 is 0 Å². The van der Waals surface area contributed by atoms with Crippen LogP contribution in [-0.2, 0) is 4.79 Å². The van der Waals surface area contributed by atoms with Crippen molar-refractivity contribution in [2.75, 3.05) is 20.1 Å². The molecule has 5 rings (SSSR count). The van der Waals surface area contributed by atoms with Crippen LogP contribution in [0.15, 0.2) is 24.5 Å². The van der Waals surface area contributed by atoms with E-state index in [1.165, 1.54) is 4.90 Å². The quantitative estimate of drug-likeness (QED) is 0.471. The molecule has 1 aromatic carbocycles. The fourth-order valence-electron chi connectivity index (χ4n) is 4.00. The summed E-state index contributed by atoms with van der Waals surface area (Å²) in [6, 6.07) is 3.43. The lowest BCUT2D eigenvalue weighted by Gasteiger charge is -2.33. The molecule has 0 unspecified atom stereocenters. The average molecular weight is 422 g/mol. The molecule has 0 atom stereocenters. The van der Waals surface area contributed by atoms with Gasteiger partial charge in [-0.25, -0.2) is 15.0 Å². The standard InChI is InChI=1S/C20H20N6O2.CH2O2/c1-11-21-9-12(10-22-11)18-23-16-7-14-15(8-17(16)24-18)20(28)26(19(14)27)13-3-5-25(2)6-4-13;2-1-3/h7-10,13H,3-6H2,1-2H3,(H,23,24);1H,(H,2,3). The van der Waals surface area contributed by atoms with E-state index in [0.29, 0.717) is 28.3 Å². The van der Waals surface area contributed by atoms with E-state index in [9.17, 15) is 9.59 Å². The Morgan fingerprint density at radius 3 is 2.29 bits per heavy atom. The topological polar surface area (TPSA) is 132 Å². The molecule has 0 spiro atoms. The van der Waals surface area contributed by atoms with Gasteiger partial charge in [0.2, 0.25) is 0 Å². The summed E-state index contributed by atoms with van der Waals surface area (Å²) in [6.07, 6.45) is 5.03. The number of rotatable bonds is 2. The summed E-state index contributed by atoms with van der Waals surface area (Å²) in [7, 11) is 2.06. The molecule has 0 aliphatic carbocycles. The Bertz CT molecular complexity index is 1100. The summed E-state index contributed by atoms with van der Waals surface area (Å²) in [5.74, 6) is 0.890. The van der Waals surface area contributed by atoms with Crippen LogP contribution < -0.4 is 0 Å². The number of benzene rings is 1. The number of aromatic amines is 1. The maximum atomic E-state index is 13.0. The summed E-state index contributed by atoms with van der Waals surface area (Å²) >= 11 is 0. The molecule has 1 saturated heterocycles. The van der Waals surface area contributed by atoms with Crippen LogP contribution in [0.4, 0.5) is 0 Å². The molecule has 0 bridgehead atoms. The van der Waals surface area contributed by atoms with Gasteiger partial charge in [0.25, 0.3) is 18.3 Å². The summed E-state index contributed by atoms with van der Waals surface area (Å²) in [6.45, 7) is 3.35. The molecule has 0 radical (unpaired) electrons. The van der Waals surface area contributed by atoms with E-state index in [1.807, 2.05) is 6.92 Å². The smallest absolute Gasteiger partial charge is 0.290 e. The van der Waals surface area contributed by atoms with Crippen LogP contribution in [0, 0.1) is 6.92 Å². The van der Waals surface area contributed by atoms with Gasteiger partial charge in [-0.3, -0.25) is 19.3 Å². The number of imide groups is 1. The SMILES string of the molecule is Cc1ncc(-c2nc3cc4c(cc3[nH]2)C(=O)N(C2CCN(C)CC2)C4=O)cn1.O=CO. The first-order valence-corrected chi connectivity index (χ1v) is 9.90. The Morgan fingerprint density at radius 2 is 1.68 bits per heavy atom. The molecule has 2 amide bonds. The zero-order valence-electron chi connectivity index (χ0n) is 17.2. The third-order valence-electron chi connectivity index (χ3n) is 5.63. The number of aromatic nitrogens is 4. The number of likely N-dealkylation sites (tertiary alicyclic amines) is 1. The van der Waals surface area contributed by atoms with Crippen molar-refractivity contribution in [3.05, 3.63) is 41.5 Å². The normalized spacial score (nSPS) is 16.9. The number of fused-ring (bicyclic) bond motifs is 2. The lowest BCUT2D eigenvalue weighted by Crippen LogP contribution is -2.46. The first kappa shape index (κ1) is 20.6. The number of imidazole rings is 1. The fraction of sp³-hybridized carbons (Fsp3) is 0.333. The molecule has 31 heavy (non-hydrogen) atoms. The van der Waals surface area contributed by atoms with Gasteiger partial charge in [-0.2, -0.15) is 0 Å². The van der Waals surface area contributed by atoms with E-state index < -0.39 is 0 Å². The molecule has 160 valence electrons. The Labute approximate surface area is 177 Å². The second kappa shape index (κ2) is 8.23. The number of amides is 2. The van der Waals surface area contributed by atoms with Crippen LogP contribution >= 0.6 is 0 Å². The monoisotopic (exact) mass is 422 g/mol. The summed E-state index contributed by atoms with van der Waals surface area (Å²) in [4.78, 5) is 54.2. The van der Waals surface area contributed by atoms with E-state index in [0.717, 1.165) is 37.0 Å². The van der Waals surface area contributed by atoms with E-state index >= 15 is 0 Å². The van der Waals surface area contributed by atoms with E-state index in [4.69, 9.17) is 9.90 Å². The van der Waals surface area contributed by atoms with Gasteiger partial charge in [0.05, 0.1) is 27.7 Å². The van der Waals surface area contributed by atoms with Crippen LogP contribution in [0.25, 0.3) is 22.4 Å². The number of hydrogen-bond donors (Lipinski definition) is 2. The summed E-state index contributed by atoms with van der Waals surface area (Å²) in [5.41, 5.74) is 3.02. The molecule has 10 nitrogen and oxygen atoms in total. The zero-order valence-corrected chi connectivity index (χ0v) is 17.2. The number of H-pyrrole nitrogens is 1. The third-order valence-corrected chi connectivity index (χ3v) is 5.63. The first-order chi connectivity index (χ1) is 14.9.